The van der Waals surface area contributed by atoms with E-state index in [1.807, 2.05) is 13.8 Å². The van der Waals surface area contributed by atoms with Crippen LogP contribution >= 0.6 is 0 Å². The van der Waals surface area contributed by atoms with Crippen molar-refractivity contribution in [3.63, 3.8) is 0 Å². The standard InChI is InChI=1S/C10H20FN3/c1-8(12)14-7-9(11)5-4-6-10(2,3)13/h5H,4,6-7,13H2,1-3H3,(H2,12,14)/b9-5+. The highest BCUT2D eigenvalue weighted by Gasteiger charge is 2.08. The van der Waals surface area contributed by atoms with Crippen molar-refractivity contribution in [2.75, 3.05) is 6.54 Å². The lowest BCUT2D eigenvalue weighted by atomic mass is 10.00. The number of amidine groups is 1. The van der Waals surface area contributed by atoms with E-state index in [9.17, 15) is 4.39 Å². The fraction of sp³-hybridized carbons (Fsp3) is 0.700. The molecule has 0 aliphatic carbocycles. The molecule has 4 heteroatoms. The number of allylic oxidation sites excluding steroid dienone is 1. The summed E-state index contributed by atoms with van der Waals surface area (Å²) in [6.45, 7) is 5.51. The van der Waals surface area contributed by atoms with E-state index in [0.717, 1.165) is 6.42 Å². The van der Waals surface area contributed by atoms with Gasteiger partial charge in [-0.15, -0.1) is 0 Å². The van der Waals surface area contributed by atoms with Gasteiger partial charge in [0.05, 0.1) is 12.4 Å². The van der Waals surface area contributed by atoms with Crippen LogP contribution in [0.3, 0.4) is 0 Å². The van der Waals surface area contributed by atoms with Gasteiger partial charge in [-0.25, -0.2) is 4.39 Å². The molecule has 0 atom stereocenters. The van der Waals surface area contributed by atoms with Crippen LogP contribution < -0.4 is 11.1 Å². The Morgan fingerprint density at radius 2 is 2.14 bits per heavy atom. The maximum absolute atomic E-state index is 13.0. The third-order valence-electron chi connectivity index (χ3n) is 1.68. The number of nitrogens with one attached hydrogen (secondary N) is 2. The summed E-state index contributed by atoms with van der Waals surface area (Å²) in [5.41, 5.74) is 5.49. The van der Waals surface area contributed by atoms with Gasteiger partial charge in [0.1, 0.15) is 5.83 Å². The zero-order chi connectivity index (χ0) is 11.2. The van der Waals surface area contributed by atoms with Crippen molar-refractivity contribution in [3.8, 4) is 0 Å². The summed E-state index contributed by atoms with van der Waals surface area (Å²) in [5, 5.41) is 9.64. The first-order valence-electron chi connectivity index (χ1n) is 4.74. The predicted octanol–water partition coefficient (Wildman–Crippen LogP) is 1.94. The van der Waals surface area contributed by atoms with E-state index in [1.54, 1.807) is 6.92 Å². The fourth-order valence-electron chi connectivity index (χ4n) is 0.890. The van der Waals surface area contributed by atoms with E-state index in [1.165, 1.54) is 6.08 Å². The lowest BCUT2D eigenvalue weighted by Crippen LogP contribution is -2.31. The minimum Gasteiger partial charge on any atom is -0.368 e. The van der Waals surface area contributed by atoms with Gasteiger partial charge in [-0.2, -0.15) is 0 Å². The van der Waals surface area contributed by atoms with Crippen LogP contribution in [0.25, 0.3) is 0 Å². The predicted molar refractivity (Wildman–Crippen MR) is 58.1 cm³/mol. The molecule has 0 fully saturated rings. The van der Waals surface area contributed by atoms with E-state index in [2.05, 4.69) is 5.32 Å². The van der Waals surface area contributed by atoms with Crippen molar-refractivity contribution in [2.45, 2.75) is 39.2 Å². The van der Waals surface area contributed by atoms with Gasteiger partial charge in [0.15, 0.2) is 0 Å². The average Bonchev–Trinajstić information content (AvgIpc) is 1.98. The monoisotopic (exact) mass is 201 g/mol. The molecular weight excluding hydrogens is 181 g/mol. The van der Waals surface area contributed by atoms with Gasteiger partial charge in [-0.3, -0.25) is 5.41 Å². The first-order chi connectivity index (χ1) is 6.31. The van der Waals surface area contributed by atoms with Crippen molar-refractivity contribution in [1.29, 1.82) is 5.41 Å². The Labute approximate surface area is 85.1 Å². The number of hydrogen-bond donors (Lipinski definition) is 3. The molecule has 0 aromatic heterocycles. The molecule has 82 valence electrons. The third-order valence-corrected chi connectivity index (χ3v) is 1.68. The van der Waals surface area contributed by atoms with Gasteiger partial charge in [-0.1, -0.05) is 6.08 Å². The Hall–Kier alpha value is -0.900. The highest BCUT2D eigenvalue weighted by atomic mass is 19.1. The number of nitrogens with two attached hydrogens (primary N) is 1. The molecule has 14 heavy (non-hydrogen) atoms. The lowest BCUT2D eigenvalue weighted by molar-refractivity contribution is 0.477. The largest absolute Gasteiger partial charge is 0.368 e. The number of rotatable bonds is 5. The molecule has 0 aromatic rings. The van der Waals surface area contributed by atoms with Gasteiger partial charge in [0.2, 0.25) is 0 Å². The molecule has 0 bridgehead atoms. The van der Waals surface area contributed by atoms with Crippen LogP contribution in [0.4, 0.5) is 4.39 Å². The van der Waals surface area contributed by atoms with Crippen molar-refractivity contribution >= 4 is 5.84 Å². The molecular formula is C10H20FN3. The zero-order valence-electron chi connectivity index (χ0n) is 9.15. The molecule has 0 saturated carbocycles. The maximum atomic E-state index is 13.0. The van der Waals surface area contributed by atoms with Gasteiger partial charge in [0.25, 0.3) is 0 Å². The minimum absolute atomic E-state index is 0.0976. The summed E-state index contributed by atoms with van der Waals surface area (Å²) >= 11 is 0. The Bertz CT molecular complexity index is 216. The molecule has 3 nitrogen and oxygen atoms in total. The van der Waals surface area contributed by atoms with Crippen LogP contribution in [0.5, 0.6) is 0 Å². The molecule has 0 amide bonds. The van der Waals surface area contributed by atoms with Crippen LogP contribution in [0.15, 0.2) is 11.9 Å². The van der Waals surface area contributed by atoms with Crippen LogP contribution in [0, 0.1) is 5.41 Å². The Kier molecular flexibility index (Phi) is 5.38. The SMILES string of the molecule is CC(=N)NC/C(F)=C\CCC(C)(C)N. The maximum Gasteiger partial charge on any atom is 0.115 e. The summed E-state index contributed by atoms with van der Waals surface area (Å²) in [4.78, 5) is 0. The minimum atomic E-state index is -0.248. The van der Waals surface area contributed by atoms with Crippen LogP contribution in [0.2, 0.25) is 0 Å². The molecule has 0 saturated heterocycles. The Morgan fingerprint density at radius 3 is 2.57 bits per heavy atom. The number of hydrogen-bond acceptors (Lipinski definition) is 2. The van der Waals surface area contributed by atoms with Crippen molar-refractivity contribution in [3.05, 3.63) is 11.9 Å². The second-order valence-corrected chi connectivity index (χ2v) is 4.16. The van der Waals surface area contributed by atoms with E-state index < -0.39 is 0 Å². The average molecular weight is 201 g/mol. The van der Waals surface area contributed by atoms with E-state index in [4.69, 9.17) is 11.1 Å². The summed E-state index contributed by atoms with van der Waals surface area (Å²) in [6, 6.07) is 0. The van der Waals surface area contributed by atoms with Gasteiger partial charge in [-0.05, 0) is 33.6 Å². The second-order valence-electron chi connectivity index (χ2n) is 4.16. The molecule has 0 unspecified atom stereocenters. The molecule has 0 heterocycles. The topological polar surface area (TPSA) is 61.9 Å². The fourth-order valence-corrected chi connectivity index (χ4v) is 0.890. The molecule has 0 rings (SSSR count). The van der Waals surface area contributed by atoms with Crippen molar-refractivity contribution in [2.24, 2.45) is 5.73 Å². The Morgan fingerprint density at radius 1 is 1.57 bits per heavy atom. The smallest absolute Gasteiger partial charge is 0.115 e. The lowest BCUT2D eigenvalue weighted by Gasteiger charge is -2.16. The van der Waals surface area contributed by atoms with Crippen LogP contribution in [0.1, 0.15) is 33.6 Å². The zero-order valence-corrected chi connectivity index (χ0v) is 9.15. The number of halogens is 1. The summed E-state index contributed by atoms with van der Waals surface area (Å²) in [6.07, 6.45) is 2.91. The van der Waals surface area contributed by atoms with E-state index in [-0.39, 0.29) is 23.7 Å². The van der Waals surface area contributed by atoms with Crippen LogP contribution in [-0.4, -0.2) is 17.9 Å². The van der Waals surface area contributed by atoms with Crippen molar-refractivity contribution in [1.82, 2.24) is 5.32 Å². The summed E-state index contributed by atoms with van der Waals surface area (Å²) in [5.74, 6) is 0.0357. The first-order valence-corrected chi connectivity index (χ1v) is 4.74. The summed E-state index contributed by atoms with van der Waals surface area (Å²) < 4.78 is 13.0. The molecule has 0 aliphatic rings. The van der Waals surface area contributed by atoms with E-state index in [0.29, 0.717) is 6.42 Å². The quantitative estimate of drug-likeness (QED) is 0.470. The van der Waals surface area contributed by atoms with Crippen molar-refractivity contribution < 1.29 is 4.39 Å². The Balaban J connectivity index is 3.72. The van der Waals surface area contributed by atoms with Crippen LogP contribution in [-0.2, 0) is 0 Å². The highest BCUT2D eigenvalue weighted by Crippen LogP contribution is 2.09. The molecule has 0 spiro atoms. The van der Waals surface area contributed by atoms with Gasteiger partial charge >= 0.3 is 0 Å². The normalized spacial score (nSPS) is 12.8. The molecule has 0 aromatic carbocycles. The summed E-state index contributed by atoms with van der Waals surface area (Å²) in [7, 11) is 0. The van der Waals surface area contributed by atoms with Gasteiger partial charge in [0, 0.05) is 5.54 Å². The third kappa shape index (κ3) is 9.19. The highest BCUT2D eigenvalue weighted by molar-refractivity contribution is 5.76. The first kappa shape index (κ1) is 13.1. The van der Waals surface area contributed by atoms with Gasteiger partial charge < -0.3 is 11.1 Å². The molecule has 4 N–H and O–H groups in total. The second kappa shape index (κ2) is 5.75. The van der Waals surface area contributed by atoms with E-state index >= 15 is 0 Å². The molecule has 0 radical (unpaired) electrons. The molecule has 0 aliphatic heterocycles.